The maximum absolute atomic E-state index is 11.9. The normalized spacial score (nSPS) is 12.2. The first-order chi connectivity index (χ1) is 19.0. The van der Waals surface area contributed by atoms with Crippen molar-refractivity contribution in [3.63, 3.8) is 0 Å². The predicted molar refractivity (Wildman–Crippen MR) is 170 cm³/mol. The molecule has 5 nitrogen and oxygen atoms in total. The molecule has 2 N–H and O–H groups in total. The monoisotopic (exact) mass is 627 g/mol. The van der Waals surface area contributed by atoms with Crippen LogP contribution < -0.4 is 5.73 Å². The summed E-state index contributed by atoms with van der Waals surface area (Å²) in [4.78, 5) is 7.62. The van der Waals surface area contributed by atoms with Gasteiger partial charge in [0, 0.05) is 41.8 Å². The fraction of sp³-hybridized carbons (Fsp3) is 0.200. The van der Waals surface area contributed by atoms with Gasteiger partial charge in [0.05, 0.1) is 9.79 Å². The highest BCUT2D eigenvalue weighted by Crippen LogP contribution is 2.46. The molecule has 0 bridgehead atoms. The van der Waals surface area contributed by atoms with E-state index in [4.69, 9.17) is 5.73 Å². The van der Waals surface area contributed by atoms with Crippen molar-refractivity contribution in [1.82, 2.24) is 0 Å². The van der Waals surface area contributed by atoms with Gasteiger partial charge in [-0.25, -0.2) is 16.8 Å². The van der Waals surface area contributed by atoms with Crippen molar-refractivity contribution in [2.45, 2.75) is 29.6 Å². The van der Waals surface area contributed by atoms with Gasteiger partial charge in [0.1, 0.15) is 0 Å². The van der Waals surface area contributed by atoms with Gasteiger partial charge in [-0.15, -0.1) is 34.0 Å². The zero-order valence-corrected chi connectivity index (χ0v) is 26.4. The van der Waals surface area contributed by atoms with E-state index in [9.17, 15) is 16.8 Å². The highest BCUT2D eigenvalue weighted by atomic mass is 32.2. The van der Waals surface area contributed by atoms with E-state index in [0.717, 1.165) is 33.7 Å². The van der Waals surface area contributed by atoms with Crippen LogP contribution in [-0.2, 0) is 32.5 Å². The van der Waals surface area contributed by atoms with E-state index in [1.807, 2.05) is 24.3 Å². The minimum atomic E-state index is -3.24. The summed E-state index contributed by atoms with van der Waals surface area (Å²) < 4.78 is 47.5. The molecule has 0 aliphatic rings. The predicted octanol–water partition coefficient (Wildman–Crippen LogP) is 7.41. The third kappa shape index (κ3) is 6.02. The largest absolute Gasteiger partial charge is 0.330 e. The number of rotatable bonds is 9. The summed E-state index contributed by atoms with van der Waals surface area (Å²) in [6.45, 7) is 2.69. The molecule has 5 aromatic rings. The Hall–Kier alpha value is -2.60. The van der Waals surface area contributed by atoms with E-state index in [2.05, 4.69) is 31.2 Å². The number of hydrogen-bond acceptors (Lipinski definition) is 8. The van der Waals surface area contributed by atoms with E-state index < -0.39 is 19.7 Å². The van der Waals surface area contributed by atoms with Crippen molar-refractivity contribution < 1.29 is 16.8 Å². The molecule has 5 rings (SSSR count). The van der Waals surface area contributed by atoms with Crippen LogP contribution in [0.3, 0.4) is 0 Å². The van der Waals surface area contributed by atoms with Crippen molar-refractivity contribution in [2.24, 2.45) is 5.73 Å². The van der Waals surface area contributed by atoms with E-state index in [1.165, 1.54) is 43.1 Å². The van der Waals surface area contributed by atoms with Gasteiger partial charge in [0.25, 0.3) is 0 Å². The Balaban J connectivity index is 1.49. The summed E-state index contributed by atoms with van der Waals surface area (Å²) >= 11 is 5.19. The van der Waals surface area contributed by atoms with Crippen LogP contribution >= 0.6 is 34.0 Å². The molecule has 0 saturated heterocycles. The first-order valence-corrected chi connectivity index (χ1v) is 18.9. The third-order valence-electron chi connectivity index (χ3n) is 6.60. The summed E-state index contributed by atoms with van der Waals surface area (Å²) in [5.41, 5.74) is 10.4. The SMILES string of the molecule is CCc1cc(-c2ccc(S(C)(=O)=O)cc2)sc1-c1ccc(-c2sc(-c3ccc(S(C)(=O)=O)cc3)cc2CCN)s1. The number of sulfone groups is 2. The molecule has 40 heavy (non-hydrogen) atoms. The molecule has 0 amide bonds. The molecule has 0 saturated carbocycles. The molecule has 0 fully saturated rings. The maximum Gasteiger partial charge on any atom is 0.175 e. The summed E-state index contributed by atoms with van der Waals surface area (Å²) in [6, 6.07) is 22.8. The van der Waals surface area contributed by atoms with Gasteiger partial charge in [0.2, 0.25) is 0 Å². The first kappa shape index (κ1) is 28.9. The molecule has 3 heterocycles. The van der Waals surface area contributed by atoms with Crippen molar-refractivity contribution in [1.29, 1.82) is 0 Å². The van der Waals surface area contributed by atoms with Crippen molar-refractivity contribution in [3.8, 4) is 40.4 Å². The van der Waals surface area contributed by atoms with Gasteiger partial charge in [-0.2, -0.15) is 0 Å². The van der Waals surface area contributed by atoms with Gasteiger partial charge in [-0.05, 0) is 90.2 Å². The van der Waals surface area contributed by atoms with E-state index in [1.54, 1.807) is 58.3 Å². The van der Waals surface area contributed by atoms with Crippen LogP contribution in [0.25, 0.3) is 40.4 Å². The molecular weight excluding hydrogens is 599 g/mol. The fourth-order valence-electron chi connectivity index (χ4n) is 4.48. The van der Waals surface area contributed by atoms with Crippen LogP contribution in [0, 0.1) is 0 Å². The minimum Gasteiger partial charge on any atom is -0.330 e. The minimum absolute atomic E-state index is 0.312. The molecule has 3 aromatic heterocycles. The summed E-state index contributed by atoms with van der Waals surface area (Å²) in [6.07, 6.45) is 4.09. The van der Waals surface area contributed by atoms with Gasteiger partial charge in [-0.3, -0.25) is 0 Å². The van der Waals surface area contributed by atoms with Crippen LogP contribution in [0.5, 0.6) is 0 Å². The Morgan fingerprint density at radius 2 is 1.02 bits per heavy atom. The molecule has 0 aliphatic heterocycles. The highest BCUT2D eigenvalue weighted by molar-refractivity contribution is 7.91. The molecule has 0 spiro atoms. The van der Waals surface area contributed by atoms with Gasteiger partial charge >= 0.3 is 0 Å². The quantitative estimate of drug-likeness (QED) is 0.184. The number of aryl methyl sites for hydroxylation is 1. The fourth-order valence-corrected chi connectivity index (χ4v) is 9.51. The number of benzene rings is 2. The smallest absolute Gasteiger partial charge is 0.175 e. The average Bonchev–Trinajstić information content (AvgIpc) is 3.66. The first-order valence-electron chi connectivity index (χ1n) is 12.6. The van der Waals surface area contributed by atoms with Gasteiger partial charge in [0.15, 0.2) is 19.7 Å². The molecule has 0 aliphatic carbocycles. The lowest BCUT2D eigenvalue weighted by molar-refractivity contribution is 0.600. The number of hydrogen-bond donors (Lipinski definition) is 1. The molecule has 0 atom stereocenters. The Morgan fingerprint density at radius 1 is 0.600 bits per heavy atom. The third-order valence-corrected chi connectivity index (χ3v) is 12.8. The van der Waals surface area contributed by atoms with Gasteiger partial charge < -0.3 is 5.73 Å². The lowest BCUT2D eigenvalue weighted by atomic mass is 10.1. The lowest BCUT2D eigenvalue weighted by Crippen LogP contribution is -2.02. The van der Waals surface area contributed by atoms with E-state index in [0.29, 0.717) is 16.3 Å². The number of nitrogens with two attached hydrogens (primary N) is 1. The van der Waals surface area contributed by atoms with Crippen LogP contribution in [0.4, 0.5) is 0 Å². The Kier molecular flexibility index (Phi) is 8.20. The summed E-state index contributed by atoms with van der Waals surface area (Å²) in [5.74, 6) is 0. The highest BCUT2D eigenvalue weighted by Gasteiger charge is 2.18. The zero-order chi connectivity index (χ0) is 28.7. The second kappa shape index (κ2) is 11.3. The van der Waals surface area contributed by atoms with Crippen molar-refractivity contribution >= 4 is 53.7 Å². The summed E-state index contributed by atoms with van der Waals surface area (Å²) in [7, 11) is -6.48. The Labute approximate surface area is 247 Å². The average molecular weight is 628 g/mol. The Morgan fingerprint density at radius 3 is 1.43 bits per heavy atom. The standard InChI is InChI=1S/C30H29NO4S5/c1-4-19-17-27(20-5-9-23(10-6-20)39(2,32)33)37-29(19)25-13-14-26(36-25)30-22(15-16-31)18-28(38-30)21-7-11-24(12-8-21)40(3,34)35/h5-14,17-18H,4,15-16,31H2,1-3H3. The summed E-state index contributed by atoms with van der Waals surface area (Å²) in [5, 5.41) is 0. The van der Waals surface area contributed by atoms with E-state index >= 15 is 0 Å². The molecule has 10 heteroatoms. The topological polar surface area (TPSA) is 94.3 Å². The van der Waals surface area contributed by atoms with Crippen LogP contribution in [-0.4, -0.2) is 35.9 Å². The zero-order valence-electron chi connectivity index (χ0n) is 22.3. The van der Waals surface area contributed by atoms with Crippen molar-refractivity contribution in [3.05, 3.63) is 83.9 Å². The van der Waals surface area contributed by atoms with Crippen molar-refractivity contribution in [2.75, 3.05) is 19.1 Å². The molecule has 0 unspecified atom stereocenters. The van der Waals surface area contributed by atoms with Crippen LogP contribution in [0.2, 0.25) is 0 Å². The van der Waals surface area contributed by atoms with E-state index in [-0.39, 0.29) is 0 Å². The van der Waals surface area contributed by atoms with Gasteiger partial charge in [-0.1, -0.05) is 31.2 Å². The Bertz CT molecular complexity index is 1880. The lowest BCUT2D eigenvalue weighted by Gasteiger charge is -2.01. The second-order valence-corrected chi connectivity index (χ2v) is 16.8. The number of thiophene rings is 3. The molecule has 0 radical (unpaired) electrons. The maximum atomic E-state index is 11.9. The second-order valence-electron chi connectivity index (χ2n) is 9.58. The molecule has 208 valence electrons. The van der Waals surface area contributed by atoms with Crippen LogP contribution in [0.15, 0.2) is 82.6 Å². The molecular formula is C30H29NO4S5. The van der Waals surface area contributed by atoms with Crippen LogP contribution in [0.1, 0.15) is 18.1 Å². The molecule has 2 aromatic carbocycles.